The van der Waals surface area contributed by atoms with Crippen molar-refractivity contribution in [2.45, 2.75) is 37.2 Å². The third kappa shape index (κ3) is 3.37. The number of aryl methyl sites for hydroxylation is 1. The topological polar surface area (TPSA) is 69.7 Å². The zero-order valence-electron chi connectivity index (χ0n) is 11.5. The number of hydrogen-bond donors (Lipinski definition) is 0. The highest BCUT2D eigenvalue weighted by Crippen LogP contribution is 2.31. The summed E-state index contributed by atoms with van der Waals surface area (Å²) in [5.74, 6) is -0.568. The molecule has 0 aliphatic heterocycles. The van der Waals surface area contributed by atoms with Crippen LogP contribution in [0.5, 0.6) is 0 Å². The molecule has 1 aromatic rings. The summed E-state index contributed by atoms with van der Waals surface area (Å²) < 4.78 is 34.1. The van der Waals surface area contributed by atoms with Gasteiger partial charge in [-0.2, -0.15) is 8.42 Å². The molecule has 1 aromatic carbocycles. The Morgan fingerprint density at radius 3 is 2.45 bits per heavy atom. The minimum Gasteiger partial charge on any atom is -0.469 e. The van der Waals surface area contributed by atoms with Crippen molar-refractivity contribution >= 4 is 16.1 Å². The van der Waals surface area contributed by atoms with E-state index in [1.54, 1.807) is 12.1 Å². The normalized spacial score (nSPS) is 22.7. The molecule has 0 bridgehead atoms. The highest BCUT2D eigenvalue weighted by Gasteiger charge is 2.34. The Hall–Kier alpha value is -1.40. The molecule has 0 spiro atoms. The number of methoxy groups -OCH3 is 1. The van der Waals surface area contributed by atoms with Gasteiger partial charge >= 0.3 is 5.97 Å². The second kappa shape index (κ2) is 5.93. The van der Waals surface area contributed by atoms with Crippen molar-refractivity contribution < 1.29 is 22.1 Å². The molecule has 0 saturated heterocycles. The highest BCUT2D eigenvalue weighted by atomic mass is 32.2. The highest BCUT2D eigenvalue weighted by molar-refractivity contribution is 7.86. The van der Waals surface area contributed by atoms with Crippen molar-refractivity contribution in [1.82, 2.24) is 0 Å². The van der Waals surface area contributed by atoms with Gasteiger partial charge in [0.25, 0.3) is 10.1 Å². The Morgan fingerprint density at radius 1 is 1.20 bits per heavy atom. The molecular formula is C14H18O5S. The largest absolute Gasteiger partial charge is 0.469 e. The smallest absolute Gasteiger partial charge is 0.308 e. The Bertz CT molecular complexity index is 576. The minimum atomic E-state index is -3.77. The van der Waals surface area contributed by atoms with Crippen molar-refractivity contribution in [3.8, 4) is 0 Å². The average molecular weight is 298 g/mol. The molecule has 0 amide bonds. The van der Waals surface area contributed by atoms with E-state index >= 15 is 0 Å². The lowest BCUT2D eigenvalue weighted by Crippen LogP contribution is -2.18. The molecule has 1 fully saturated rings. The van der Waals surface area contributed by atoms with Gasteiger partial charge in [-0.25, -0.2) is 0 Å². The molecule has 0 N–H and O–H groups in total. The number of benzene rings is 1. The molecule has 2 atom stereocenters. The predicted octanol–water partition coefficient (Wildman–Crippen LogP) is 2.04. The Balaban J connectivity index is 2.03. The summed E-state index contributed by atoms with van der Waals surface area (Å²) in [6.45, 7) is 1.88. The molecule has 0 heterocycles. The van der Waals surface area contributed by atoms with Crippen molar-refractivity contribution in [1.29, 1.82) is 0 Å². The van der Waals surface area contributed by atoms with E-state index < -0.39 is 16.2 Å². The number of hydrogen-bond acceptors (Lipinski definition) is 5. The Labute approximate surface area is 119 Å². The predicted molar refractivity (Wildman–Crippen MR) is 72.6 cm³/mol. The first-order valence-corrected chi connectivity index (χ1v) is 7.91. The zero-order valence-corrected chi connectivity index (χ0v) is 12.4. The fourth-order valence-electron chi connectivity index (χ4n) is 2.35. The van der Waals surface area contributed by atoms with Gasteiger partial charge in [0.2, 0.25) is 0 Å². The quantitative estimate of drug-likeness (QED) is 0.628. The number of rotatable bonds is 4. The van der Waals surface area contributed by atoms with Crippen molar-refractivity contribution in [2.75, 3.05) is 7.11 Å². The summed E-state index contributed by atoms with van der Waals surface area (Å²) in [4.78, 5) is 11.5. The van der Waals surface area contributed by atoms with E-state index in [1.807, 2.05) is 6.92 Å². The molecule has 6 heteroatoms. The second-order valence-corrected chi connectivity index (χ2v) is 6.59. The molecule has 2 rings (SSSR count). The van der Waals surface area contributed by atoms with Crippen molar-refractivity contribution in [3.05, 3.63) is 29.8 Å². The van der Waals surface area contributed by atoms with E-state index in [-0.39, 0.29) is 16.8 Å². The van der Waals surface area contributed by atoms with E-state index in [0.717, 1.165) is 5.56 Å². The van der Waals surface area contributed by atoms with Crippen molar-refractivity contribution in [3.63, 3.8) is 0 Å². The maximum Gasteiger partial charge on any atom is 0.308 e. The molecule has 1 aliphatic rings. The maximum absolute atomic E-state index is 12.1. The second-order valence-electron chi connectivity index (χ2n) is 5.02. The number of carbonyl (C=O) groups excluding carboxylic acids is 1. The summed E-state index contributed by atoms with van der Waals surface area (Å²) in [5, 5.41) is 0. The van der Waals surface area contributed by atoms with Crippen LogP contribution >= 0.6 is 0 Å². The number of ether oxygens (including phenoxy) is 1. The van der Waals surface area contributed by atoms with E-state index in [0.29, 0.717) is 19.3 Å². The van der Waals surface area contributed by atoms with Gasteiger partial charge in [0.05, 0.1) is 24.0 Å². The van der Waals surface area contributed by atoms with E-state index in [1.165, 1.54) is 19.2 Å². The van der Waals surface area contributed by atoms with Crippen LogP contribution in [0.25, 0.3) is 0 Å². The lowest BCUT2D eigenvalue weighted by atomic mass is 10.1. The molecule has 110 valence electrons. The number of esters is 1. The van der Waals surface area contributed by atoms with Crippen LogP contribution in [0.3, 0.4) is 0 Å². The Kier molecular flexibility index (Phi) is 4.45. The summed E-state index contributed by atoms with van der Waals surface area (Å²) >= 11 is 0. The molecule has 0 aromatic heterocycles. The van der Waals surface area contributed by atoms with Gasteiger partial charge in [-0.05, 0) is 38.3 Å². The molecule has 5 nitrogen and oxygen atoms in total. The Morgan fingerprint density at radius 2 is 1.85 bits per heavy atom. The maximum atomic E-state index is 12.1. The first-order chi connectivity index (χ1) is 9.42. The van der Waals surface area contributed by atoms with E-state index in [4.69, 9.17) is 4.18 Å². The van der Waals surface area contributed by atoms with Crippen LogP contribution in [0.2, 0.25) is 0 Å². The van der Waals surface area contributed by atoms with Crippen LogP contribution in [-0.4, -0.2) is 27.6 Å². The van der Waals surface area contributed by atoms with Crippen LogP contribution in [0.4, 0.5) is 0 Å². The third-order valence-corrected chi connectivity index (χ3v) is 4.87. The zero-order chi connectivity index (χ0) is 14.8. The van der Waals surface area contributed by atoms with Gasteiger partial charge in [0, 0.05) is 0 Å². The molecule has 0 radical (unpaired) electrons. The van der Waals surface area contributed by atoms with Gasteiger partial charge in [0.15, 0.2) is 0 Å². The molecule has 1 aliphatic carbocycles. The summed E-state index contributed by atoms with van der Waals surface area (Å²) in [7, 11) is -2.44. The minimum absolute atomic E-state index is 0.143. The average Bonchev–Trinajstić information content (AvgIpc) is 2.86. The van der Waals surface area contributed by atoms with Crippen LogP contribution in [0.15, 0.2) is 29.2 Å². The van der Waals surface area contributed by atoms with Crippen LogP contribution in [0, 0.1) is 12.8 Å². The van der Waals surface area contributed by atoms with Gasteiger partial charge < -0.3 is 4.74 Å². The summed E-state index contributed by atoms with van der Waals surface area (Å²) in [5.41, 5.74) is 0.982. The summed E-state index contributed by atoms with van der Waals surface area (Å²) in [6, 6.07) is 6.50. The van der Waals surface area contributed by atoms with Gasteiger partial charge in [0.1, 0.15) is 0 Å². The molecule has 1 saturated carbocycles. The lowest BCUT2D eigenvalue weighted by Gasteiger charge is -2.12. The van der Waals surface area contributed by atoms with Gasteiger partial charge in [-0.15, -0.1) is 0 Å². The third-order valence-electron chi connectivity index (χ3n) is 3.49. The van der Waals surface area contributed by atoms with Crippen LogP contribution < -0.4 is 0 Å². The first-order valence-electron chi connectivity index (χ1n) is 6.50. The molecular weight excluding hydrogens is 280 g/mol. The van der Waals surface area contributed by atoms with Crippen LogP contribution in [0.1, 0.15) is 24.8 Å². The SMILES string of the molecule is COC(=O)C1CCC(OS(=O)(=O)c2ccc(C)cc2)C1. The standard InChI is InChI=1S/C14H18O5S/c1-10-3-7-13(8-4-10)20(16,17)19-12-6-5-11(9-12)14(15)18-2/h3-4,7-8,11-12H,5-6,9H2,1-2H3. The first kappa shape index (κ1) is 15.0. The van der Waals surface area contributed by atoms with Gasteiger partial charge in [-0.3, -0.25) is 8.98 Å². The molecule has 2 unspecified atom stereocenters. The van der Waals surface area contributed by atoms with Crippen molar-refractivity contribution in [2.24, 2.45) is 5.92 Å². The molecule has 20 heavy (non-hydrogen) atoms. The summed E-state index contributed by atoms with van der Waals surface area (Å²) in [6.07, 6.45) is 1.08. The van der Waals surface area contributed by atoms with Crippen LogP contribution in [-0.2, 0) is 23.8 Å². The fourth-order valence-corrected chi connectivity index (χ4v) is 3.46. The van der Waals surface area contributed by atoms with E-state index in [9.17, 15) is 13.2 Å². The number of carbonyl (C=O) groups is 1. The lowest BCUT2D eigenvalue weighted by molar-refractivity contribution is -0.145. The fraction of sp³-hybridized carbons (Fsp3) is 0.500. The monoisotopic (exact) mass is 298 g/mol. The van der Waals surface area contributed by atoms with Gasteiger partial charge in [-0.1, -0.05) is 17.7 Å². The van der Waals surface area contributed by atoms with E-state index in [2.05, 4.69) is 4.74 Å².